The highest BCUT2D eigenvalue weighted by Crippen LogP contribution is 2.18. The average Bonchev–Trinajstić information content (AvgIpc) is 2.95. The first-order valence-corrected chi connectivity index (χ1v) is 8.06. The molecule has 0 spiro atoms. The van der Waals surface area contributed by atoms with Crippen LogP contribution in [0.25, 0.3) is 0 Å². The topological polar surface area (TPSA) is 63.3 Å². The molecule has 0 atom stereocenters. The molecule has 3 N–H and O–H groups in total. The minimum Gasteiger partial charge on any atom is -0.370 e. The lowest BCUT2D eigenvalue weighted by molar-refractivity contribution is 0.821. The van der Waals surface area contributed by atoms with E-state index in [1.54, 1.807) is 11.3 Å². The summed E-state index contributed by atoms with van der Waals surface area (Å²) < 4.78 is 0. The highest BCUT2D eigenvalue weighted by atomic mass is 32.1. The predicted molar refractivity (Wildman–Crippen MR) is 91.0 cm³/mol. The molecule has 4 nitrogen and oxygen atoms in total. The van der Waals surface area contributed by atoms with Crippen LogP contribution in [0.4, 0.5) is 5.69 Å². The van der Waals surface area contributed by atoms with Crippen molar-refractivity contribution >= 4 is 23.0 Å². The molecular weight excluding hydrogens is 280 g/mol. The number of anilines is 1. The van der Waals surface area contributed by atoms with E-state index in [0.717, 1.165) is 22.8 Å². The number of hydrogen-bond acceptors (Lipinski definition) is 3. The number of benzene rings is 1. The van der Waals surface area contributed by atoms with Gasteiger partial charge in [-0.25, -0.2) is 9.98 Å². The summed E-state index contributed by atoms with van der Waals surface area (Å²) in [6.07, 6.45) is 1.03. The van der Waals surface area contributed by atoms with Crippen LogP contribution >= 0.6 is 11.3 Å². The first kappa shape index (κ1) is 15.5. The second-order valence-corrected chi connectivity index (χ2v) is 6.14. The van der Waals surface area contributed by atoms with E-state index in [2.05, 4.69) is 53.6 Å². The SMILES string of the molecule is CCc1ccc(NC(N)=NCc2nc(C(C)C)cs2)cc1. The van der Waals surface area contributed by atoms with Gasteiger partial charge in [0, 0.05) is 11.1 Å². The summed E-state index contributed by atoms with van der Waals surface area (Å²) in [4.78, 5) is 8.88. The monoisotopic (exact) mass is 302 g/mol. The number of aromatic nitrogens is 1. The number of nitrogens with one attached hydrogen (secondary N) is 1. The van der Waals surface area contributed by atoms with E-state index in [1.807, 2.05) is 12.1 Å². The smallest absolute Gasteiger partial charge is 0.193 e. The van der Waals surface area contributed by atoms with Crippen molar-refractivity contribution in [2.75, 3.05) is 5.32 Å². The number of hydrogen-bond donors (Lipinski definition) is 2. The van der Waals surface area contributed by atoms with Crippen molar-refractivity contribution in [2.45, 2.75) is 39.7 Å². The molecule has 1 aromatic carbocycles. The van der Waals surface area contributed by atoms with Crippen molar-refractivity contribution < 1.29 is 0 Å². The molecule has 5 heteroatoms. The van der Waals surface area contributed by atoms with Gasteiger partial charge in [-0.3, -0.25) is 0 Å². The van der Waals surface area contributed by atoms with E-state index in [1.165, 1.54) is 5.56 Å². The minimum absolute atomic E-state index is 0.417. The summed E-state index contributed by atoms with van der Waals surface area (Å²) in [5, 5.41) is 6.17. The molecule has 21 heavy (non-hydrogen) atoms. The number of aliphatic imine (C=N–C) groups is 1. The maximum Gasteiger partial charge on any atom is 0.193 e. The zero-order chi connectivity index (χ0) is 15.2. The highest BCUT2D eigenvalue weighted by molar-refractivity contribution is 7.09. The normalized spacial score (nSPS) is 11.9. The van der Waals surface area contributed by atoms with Crippen LogP contribution < -0.4 is 11.1 Å². The summed E-state index contributed by atoms with van der Waals surface area (Å²) in [6, 6.07) is 8.21. The minimum atomic E-state index is 0.417. The Morgan fingerprint density at radius 1 is 1.33 bits per heavy atom. The van der Waals surface area contributed by atoms with Gasteiger partial charge in [0.05, 0.1) is 12.2 Å². The second-order valence-electron chi connectivity index (χ2n) is 5.20. The predicted octanol–water partition coefficient (Wildman–Crippen LogP) is 3.76. The van der Waals surface area contributed by atoms with Gasteiger partial charge in [-0.2, -0.15) is 0 Å². The molecule has 0 saturated heterocycles. The Labute approximate surface area is 130 Å². The van der Waals surface area contributed by atoms with E-state index in [4.69, 9.17) is 5.73 Å². The molecule has 0 saturated carbocycles. The quantitative estimate of drug-likeness (QED) is 0.653. The molecule has 0 unspecified atom stereocenters. The maximum atomic E-state index is 5.91. The molecule has 2 rings (SSSR count). The van der Waals surface area contributed by atoms with Gasteiger partial charge in [-0.1, -0.05) is 32.9 Å². The summed E-state index contributed by atoms with van der Waals surface area (Å²) in [6.45, 7) is 6.93. The van der Waals surface area contributed by atoms with Crippen molar-refractivity contribution in [3.63, 3.8) is 0 Å². The van der Waals surface area contributed by atoms with Gasteiger partial charge in [0.1, 0.15) is 5.01 Å². The van der Waals surface area contributed by atoms with Gasteiger partial charge >= 0.3 is 0 Å². The zero-order valence-electron chi connectivity index (χ0n) is 12.8. The van der Waals surface area contributed by atoms with Crippen molar-refractivity contribution in [1.29, 1.82) is 0 Å². The number of aryl methyl sites for hydroxylation is 1. The van der Waals surface area contributed by atoms with Gasteiger partial charge in [0.2, 0.25) is 0 Å². The fourth-order valence-corrected chi connectivity index (χ4v) is 2.71. The summed E-state index contributed by atoms with van der Waals surface area (Å²) in [5.41, 5.74) is 9.28. The molecule has 2 aromatic rings. The molecule has 0 aliphatic heterocycles. The second kappa shape index (κ2) is 7.22. The third-order valence-electron chi connectivity index (χ3n) is 3.18. The van der Waals surface area contributed by atoms with Gasteiger partial charge < -0.3 is 11.1 Å². The van der Waals surface area contributed by atoms with Crippen molar-refractivity contribution in [2.24, 2.45) is 10.7 Å². The Hall–Kier alpha value is -1.88. The fourth-order valence-electron chi connectivity index (χ4n) is 1.83. The van der Waals surface area contributed by atoms with E-state index in [9.17, 15) is 0 Å². The van der Waals surface area contributed by atoms with E-state index in [0.29, 0.717) is 18.4 Å². The summed E-state index contributed by atoms with van der Waals surface area (Å²) in [5.74, 6) is 0.868. The molecule has 0 radical (unpaired) electrons. The number of thiazole rings is 1. The molecule has 0 amide bonds. The first-order valence-electron chi connectivity index (χ1n) is 7.18. The van der Waals surface area contributed by atoms with Crippen LogP contribution in [0.2, 0.25) is 0 Å². The van der Waals surface area contributed by atoms with Crippen LogP contribution in [0.15, 0.2) is 34.6 Å². The number of nitrogens with zero attached hydrogens (tertiary/aromatic N) is 2. The van der Waals surface area contributed by atoms with Crippen molar-refractivity contribution in [1.82, 2.24) is 4.98 Å². The third kappa shape index (κ3) is 4.56. The molecule has 1 heterocycles. The van der Waals surface area contributed by atoms with Crippen molar-refractivity contribution in [3.05, 3.63) is 45.9 Å². The first-order chi connectivity index (χ1) is 10.1. The summed E-state index contributed by atoms with van der Waals surface area (Å²) in [7, 11) is 0. The van der Waals surface area contributed by atoms with E-state index in [-0.39, 0.29) is 0 Å². The Kier molecular flexibility index (Phi) is 5.33. The molecular formula is C16H22N4S. The Morgan fingerprint density at radius 2 is 2.05 bits per heavy atom. The van der Waals surface area contributed by atoms with Crippen LogP contribution in [0.5, 0.6) is 0 Å². The Balaban J connectivity index is 1.93. The Bertz CT molecular complexity index is 599. The number of nitrogens with two attached hydrogens (primary N) is 1. The van der Waals surface area contributed by atoms with Crippen LogP contribution in [0.3, 0.4) is 0 Å². The standard InChI is InChI=1S/C16H22N4S/c1-4-12-5-7-13(8-6-12)19-16(17)18-9-15-20-14(10-21-15)11(2)3/h5-8,10-11H,4,9H2,1-3H3,(H3,17,18,19). The van der Waals surface area contributed by atoms with Crippen LogP contribution in [-0.2, 0) is 13.0 Å². The largest absolute Gasteiger partial charge is 0.370 e. The number of guanidine groups is 1. The van der Waals surface area contributed by atoms with Gasteiger partial charge in [-0.15, -0.1) is 11.3 Å². The van der Waals surface area contributed by atoms with E-state index < -0.39 is 0 Å². The molecule has 0 aliphatic carbocycles. The van der Waals surface area contributed by atoms with Crippen LogP contribution in [0, 0.1) is 0 Å². The lowest BCUT2D eigenvalue weighted by atomic mass is 10.1. The van der Waals surface area contributed by atoms with Crippen LogP contribution in [-0.4, -0.2) is 10.9 Å². The molecule has 0 aliphatic rings. The van der Waals surface area contributed by atoms with Crippen LogP contribution in [0.1, 0.15) is 43.0 Å². The molecule has 0 bridgehead atoms. The molecule has 112 valence electrons. The maximum absolute atomic E-state index is 5.91. The average molecular weight is 302 g/mol. The summed E-state index contributed by atoms with van der Waals surface area (Å²) >= 11 is 1.63. The zero-order valence-corrected chi connectivity index (χ0v) is 13.6. The third-order valence-corrected chi connectivity index (χ3v) is 4.03. The number of rotatable bonds is 5. The van der Waals surface area contributed by atoms with Gasteiger partial charge in [0.25, 0.3) is 0 Å². The van der Waals surface area contributed by atoms with Crippen molar-refractivity contribution in [3.8, 4) is 0 Å². The van der Waals surface area contributed by atoms with Gasteiger partial charge in [0.15, 0.2) is 5.96 Å². The molecule has 0 fully saturated rings. The lowest BCUT2D eigenvalue weighted by Crippen LogP contribution is -2.22. The lowest BCUT2D eigenvalue weighted by Gasteiger charge is -2.06. The van der Waals surface area contributed by atoms with E-state index >= 15 is 0 Å². The highest BCUT2D eigenvalue weighted by Gasteiger charge is 2.05. The molecule has 1 aromatic heterocycles. The Morgan fingerprint density at radius 3 is 2.62 bits per heavy atom. The van der Waals surface area contributed by atoms with Gasteiger partial charge in [-0.05, 0) is 30.0 Å². The fraction of sp³-hybridized carbons (Fsp3) is 0.375.